The predicted molar refractivity (Wildman–Crippen MR) is 93.6 cm³/mol. The maximum atomic E-state index is 14.7. The Hall–Kier alpha value is -2.37. The summed E-state index contributed by atoms with van der Waals surface area (Å²) in [6, 6.07) is 2.19. The van der Waals surface area contributed by atoms with Gasteiger partial charge in [-0.25, -0.2) is 26.3 Å². The Bertz CT molecular complexity index is 1020. The molecule has 0 bridgehead atoms. The van der Waals surface area contributed by atoms with Gasteiger partial charge in [0, 0.05) is 37.6 Å². The highest BCUT2D eigenvalue weighted by Gasteiger charge is 2.35. The van der Waals surface area contributed by atoms with Gasteiger partial charge >= 0.3 is 0 Å². The van der Waals surface area contributed by atoms with Crippen LogP contribution in [-0.2, 0) is 17.1 Å². The van der Waals surface area contributed by atoms with E-state index in [0.29, 0.717) is 12.8 Å². The molecule has 3 rings (SSSR count). The summed E-state index contributed by atoms with van der Waals surface area (Å²) in [6.45, 7) is -0.0494. The number of aliphatic hydroxyl groups excluding tert-OH is 1. The zero-order valence-electron chi connectivity index (χ0n) is 14.7. The molecule has 1 fully saturated rings. The molecule has 1 aromatic carbocycles. The predicted octanol–water partition coefficient (Wildman–Crippen LogP) is 1.74. The second kappa shape index (κ2) is 7.57. The van der Waals surface area contributed by atoms with E-state index in [2.05, 4.69) is 10.0 Å². The summed E-state index contributed by atoms with van der Waals surface area (Å²) in [5.41, 5.74) is -0.691. The largest absolute Gasteiger partial charge is 0.396 e. The highest BCUT2D eigenvalue weighted by molar-refractivity contribution is 7.89. The molecule has 11 heteroatoms. The molecule has 0 atom stereocenters. The number of amides is 1. The van der Waals surface area contributed by atoms with Crippen LogP contribution in [0.5, 0.6) is 0 Å². The van der Waals surface area contributed by atoms with E-state index in [-0.39, 0.29) is 18.2 Å². The van der Waals surface area contributed by atoms with Gasteiger partial charge in [0.25, 0.3) is 5.91 Å². The number of sulfonamides is 1. The van der Waals surface area contributed by atoms with Crippen molar-refractivity contribution in [3.05, 3.63) is 47.5 Å². The number of rotatable bonds is 6. The van der Waals surface area contributed by atoms with Crippen LogP contribution in [-0.4, -0.2) is 36.6 Å². The highest BCUT2D eigenvalue weighted by Crippen LogP contribution is 2.29. The van der Waals surface area contributed by atoms with Crippen LogP contribution < -0.4 is 10.0 Å². The van der Waals surface area contributed by atoms with Crippen LogP contribution >= 0.6 is 0 Å². The van der Waals surface area contributed by atoms with Gasteiger partial charge in [-0.2, -0.15) is 0 Å². The van der Waals surface area contributed by atoms with Crippen molar-refractivity contribution in [2.24, 2.45) is 13.0 Å². The van der Waals surface area contributed by atoms with Crippen molar-refractivity contribution >= 4 is 21.6 Å². The Balaban J connectivity index is 1.80. The summed E-state index contributed by atoms with van der Waals surface area (Å²) in [5, 5.41) is 11.2. The molecule has 7 nitrogen and oxygen atoms in total. The lowest BCUT2D eigenvalue weighted by Gasteiger charge is -2.34. The molecule has 1 amide bonds. The van der Waals surface area contributed by atoms with E-state index in [1.54, 1.807) is 0 Å². The fourth-order valence-corrected chi connectivity index (χ4v) is 4.43. The summed E-state index contributed by atoms with van der Waals surface area (Å²) in [5.74, 6) is -4.57. The molecule has 0 radical (unpaired) electrons. The number of nitrogens with zero attached hydrogens (tertiary/aromatic N) is 1. The standard InChI is InChI=1S/C17H18F3N3O4S/c1-23-7-14(28(26,27)22-11-4-9(5-11)8-24)15(20)16(23)17(25)21-10-2-3-12(18)13(19)6-10/h2-3,6-7,9,11,22,24H,4-5,8H2,1H3,(H,21,25). The van der Waals surface area contributed by atoms with Crippen molar-refractivity contribution in [3.8, 4) is 0 Å². The summed E-state index contributed by atoms with van der Waals surface area (Å²) in [7, 11) is -2.94. The lowest BCUT2D eigenvalue weighted by atomic mass is 9.82. The number of hydrogen-bond donors (Lipinski definition) is 3. The third-order valence-electron chi connectivity index (χ3n) is 4.59. The zero-order valence-corrected chi connectivity index (χ0v) is 15.6. The molecule has 0 spiro atoms. The van der Waals surface area contributed by atoms with Crippen LogP contribution in [0.4, 0.5) is 18.9 Å². The number of aryl methyl sites for hydroxylation is 1. The lowest BCUT2D eigenvalue weighted by molar-refractivity contribution is 0.101. The first kappa shape index (κ1) is 20.4. The van der Waals surface area contributed by atoms with Crippen molar-refractivity contribution in [1.82, 2.24) is 9.29 Å². The summed E-state index contributed by atoms with van der Waals surface area (Å²) in [4.78, 5) is 11.6. The number of carbonyl (C=O) groups excluding carboxylic acids is 1. The van der Waals surface area contributed by atoms with E-state index in [0.717, 1.165) is 29.0 Å². The Labute approximate surface area is 159 Å². The molecule has 1 heterocycles. The summed E-state index contributed by atoms with van der Waals surface area (Å²) >= 11 is 0. The van der Waals surface area contributed by atoms with Crippen molar-refractivity contribution in [3.63, 3.8) is 0 Å². The first-order valence-electron chi connectivity index (χ1n) is 8.36. The molecule has 2 aromatic rings. The van der Waals surface area contributed by atoms with Crippen molar-refractivity contribution in [1.29, 1.82) is 0 Å². The van der Waals surface area contributed by atoms with E-state index in [1.807, 2.05) is 0 Å². The van der Waals surface area contributed by atoms with Gasteiger partial charge in [-0.05, 0) is 30.9 Å². The van der Waals surface area contributed by atoms with Crippen molar-refractivity contribution < 1.29 is 31.5 Å². The van der Waals surface area contributed by atoms with Crippen LogP contribution in [0.2, 0.25) is 0 Å². The van der Waals surface area contributed by atoms with Crippen LogP contribution in [0.1, 0.15) is 23.3 Å². The molecule has 0 saturated heterocycles. The van der Waals surface area contributed by atoms with E-state index in [1.165, 1.54) is 7.05 Å². The molecule has 28 heavy (non-hydrogen) atoms. The molecule has 152 valence electrons. The Morgan fingerprint density at radius 3 is 2.54 bits per heavy atom. The summed E-state index contributed by atoms with van der Waals surface area (Å²) < 4.78 is 69.1. The molecule has 1 aromatic heterocycles. The second-order valence-corrected chi connectivity index (χ2v) is 8.37. The third kappa shape index (κ3) is 3.91. The number of nitrogens with one attached hydrogen (secondary N) is 2. The van der Waals surface area contributed by atoms with E-state index < -0.39 is 50.0 Å². The van der Waals surface area contributed by atoms with Crippen LogP contribution in [0.15, 0.2) is 29.3 Å². The number of carbonyl (C=O) groups is 1. The minimum absolute atomic E-state index is 0.00534. The van der Waals surface area contributed by atoms with Crippen LogP contribution in [0.25, 0.3) is 0 Å². The topological polar surface area (TPSA) is 100 Å². The molecule has 0 unspecified atom stereocenters. The van der Waals surface area contributed by atoms with Crippen LogP contribution in [0, 0.1) is 23.4 Å². The monoisotopic (exact) mass is 417 g/mol. The average molecular weight is 417 g/mol. The van der Waals surface area contributed by atoms with E-state index in [4.69, 9.17) is 5.11 Å². The van der Waals surface area contributed by atoms with Gasteiger partial charge in [-0.3, -0.25) is 4.79 Å². The number of aliphatic hydroxyl groups is 1. The molecular formula is C17H18F3N3O4S. The second-order valence-electron chi connectivity index (χ2n) is 6.69. The van der Waals surface area contributed by atoms with Gasteiger partial charge in [0.15, 0.2) is 17.5 Å². The smallest absolute Gasteiger partial charge is 0.275 e. The van der Waals surface area contributed by atoms with Gasteiger partial charge in [-0.1, -0.05) is 0 Å². The van der Waals surface area contributed by atoms with Crippen LogP contribution in [0.3, 0.4) is 0 Å². The van der Waals surface area contributed by atoms with E-state index in [9.17, 15) is 26.4 Å². The minimum atomic E-state index is -4.22. The average Bonchev–Trinajstić information content (AvgIpc) is 2.89. The quantitative estimate of drug-likeness (QED) is 0.667. The SMILES string of the molecule is Cn1cc(S(=O)(=O)NC2CC(CO)C2)c(F)c1C(=O)Nc1ccc(F)c(F)c1. The first-order chi connectivity index (χ1) is 13.1. The molecule has 1 aliphatic rings. The highest BCUT2D eigenvalue weighted by atomic mass is 32.2. The summed E-state index contributed by atoms with van der Waals surface area (Å²) in [6.07, 6.45) is 1.83. The fourth-order valence-electron chi connectivity index (χ4n) is 3.04. The van der Waals surface area contributed by atoms with Gasteiger partial charge in [0.2, 0.25) is 10.0 Å². The number of halogens is 3. The number of hydrogen-bond acceptors (Lipinski definition) is 4. The van der Waals surface area contributed by atoms with Gasteiger partial charge < -0.3 is 15.0 Å². The zero-order chi connectivity index (χ0) is 20.6. The van der Waals surface area contributed by atoms with Gasteiger partial charge in [-0.15, -0.1) is 0 Å². The molecule has 0 aliphatic heterocycles. The number of benzene rings is 1. The molecule has 1 saturated carbocycles. The maximum absolute atomic E-state index is 14.7. The Kier molecular flexibility index (Phi) is 5.50. The fraction of sp³-hybridized carbons (Fsp3) is 0.353. The van der Waals surface area contributed by atoms with Crippen molar-refractivity contribution in [2.45, 2.75) is 23.8 Å². The normalized spacial score (nSPS) is 19.3. The third-order valence-corrected chi connectivity index (χ3v) is 6.09. The Morgan fingerprint density at radius 1 is 1.25 bits per heavy atom. The Morgan fingerprint density at radius 2 is 1.93 bits per heavy atom. The molecular weight excluding hydrogens is 399 g/mol. The first-order valence-corrected chi connectivity index (χ1v) is 9.85. The minimum Gasteiger partial charge on any atom is -0.396 e. The van der Waals surface area contributed by atoms with Gasteiger partial charge in [0.05, 0.1) is 0 Å². The lowest BCUT2D eigenvalue weighted by Crippen LogP contribution is -2.45. The maximum Gasteiger partial charge on any atom is 0.275 e. The molecule has 1 aliphatic carbocycles. The van der Waals surface area contributed by atoms with Crippen molar-refractivity contribution in [2.75, 3.05) is 11.9 Å². The van der Waals surface area contributed by atoms with Gasteiger partial charge in [0.1, 0.15) is 10.6 Å². The molecule has 3 N–H and O–H groups in total. The number of anilines is 1. The number of aromatic nitrogens is 1. The van der Waals surface area contributed by atoms with E-state index >= 15 is 0 Å².